The summed E-state index contributed by atoms with van der Waals surface area (Å²) in [7, 11) is 0. The van der Waals surface area contributed by atoms with Gasteiger partial charge in [0.15, 0.2) is 5.65 Å². The van der Waals surface area contributed by atoms with Crippen molar-refractivity contribution in [3.05, 3.63) is 71.5 Å². The van der Waals surface area contributed by atoms with E-state index in [0.717, 1.165) is 12.1 Å². The minimum absolute atomic E-state index is 0.296. The maximum Gasteiger partial charge on any atom is 0.458 e. The Morgan fingerprint density at radius 3 is 2.48 bits per heavy atom. The Hall–Kier alpha value is -3.41. The fraction of sp³-hybridized carbons (Fsp3) is 0.190. The minimum Gasteiger partial charge on any atom is -0.357 e. The molecule has 0 spiro atoms. The van der Waals surface area contributed by atoms with Crippen LogP contribution in [0.4, 0.5) is 27.9 Å². The average Bonchev–Trinajstić information content (AvgIpc) is 3.15. The monoisotopic (exact) mass is 482 g/mol. The van der Waals surface area contributed by atoms with Gasteiger partial charge in [0.1, 0.15) is 0 Å². The smallest absolute Gasteiger partial charge is 0.357 e. The summed E-state index contributed by atoms with van der Waals surface area (Å²) >= 11 is 4.17. The molecular formula is C21H19F5N6S. The molecule has 0 fully saturated rings. The molecule has 3 aromatic rings. The van der Waals surface area contributed by atoms with Crippen LogP contribution in [-0.4, -0.2) is 33.0 Å². The fourth-order valence-corrected chi connectivity index (χ4v) is 3.10. The lowest BCUT2D eigenvalue weighted by atomic mass is 10.0. The van der Waals surface area contributed by atoms with Crippen molar-refractivity contribution in [1.82, 2.24) is 19.9 Å². The zero-order valence-corrected chi connectivity index (χ0v) is 18.1. The first-order valence-electron chi connectivity index (χ1n) is 9.51. The lowest BCUT2D eigenvalue weighted by molar-refractivity contribution is -0.289. The molecule has 0 bridgehead atoms. The third-order valence-electron chi connectivity index (χ3n) is 4.36. The second kappa shape index (κ2) is 9.61. The molecule has 2 aromatic heterocycles. The molecule has 0 atom stereocenters. The summed E-state index contributed by atoms with van der Waals surface area (Å²) in [4.78, 5) is 4.38. The quantitative estimate of drug-likeness (QED) is 0.198. The highest BCUT2D eigenvalue weighted by Crippen LogP contribution is 2.44. The van der Waals surface area contributed by atoms with Crippen LogP contribution in [0, 0.1) is 5.41 Å². The molecule has 0 aliphatic rings. The number of thiol groups is 1. The predicted octanol–water partition coefficient (Wildman–Crippen LogP) is 5.38. The number of fused-ring (bicyclic) bond motifs is 1. The Kier molecular flexibility index (Phi) is 7.06. The SMILES string of the molecule is CC(=N)/C=C(\S)N/C=C/CNc1nc2c(-c3ccc(C(F)(F)C(F)(F)F)cc3)cccn2n1. The third kappa shape index (κ3) is 5.69. The molecule has 6 nitrogen and oxygen atoms in total. The summed E-state index contributed by atoms with van der Waals surface area (Å²) < 4.78 is 66.3. The van der Waals surface area contributed by atoms with Gasteiger partial charge in [-0.05, 0) is 43.0 Å². The van der Waals surface area contributed by atoms with E-state index in [4.69, 9.17) is 5.41 Å². The standard InChI is InChI=1S/C21H19F5N6S/c1-13(27)12-17(33)28-9-3-10-29-19-30-18-16(4-2-11-32(18)31-19)14-5-7-15(8-6-14)20(22,23)21(24,25)26/h2-9,11-12,27-28,33H,10H2,1H3,(H,29,31)/b9-3+,17-12-,27-13?. The number of pyridine rings is 1. The number of alkyl halides is 5. The van der Waals surface area contributed by atoms with Gasteiger partial charge in [-0.1, -0.05) is 24.3 Å². The van der Waals surface area contributed by atoms with E-state index in [0.29, 0.717) is 40.0 Å². The molecule has 1 aromatic carbocycles. The van der Waals surface area contributed by atoms with Gasteiger partial charge in [-0.25, -0.2) is 4.52 Å². The van der Waals surface area contributed by atoms with Crippen molar-refractivity contribution in [2.24, 2.45) is 0 Å². The highest BCUT2D eigenvalue weighted by atomic mass is 32.1. The number of rotatable bonds is 8. The lowest BCUT2D eigenvalue weighted by Gasteiger charge is -2.20. The van der Waals surface area contributed by atoms with Crippen LogP contribution in [0.2, 0.25) is 0 Å². The topological polar surface area (TPSA) is 78.1 Å². The molecule has 3 N–H and O–H groups in total. The van der Waals surface area contributed by atoms with E-state index in [2.05, 4.69) is 33.3 Å². The molecule has 0 saturated carbocycles. The molecule has 3 rings (SSSR count). The van der Waals surface area contributed by atoms with Crippen molar-refractivity contribution in [2.75, 3.05) is 11.9 Å². The summed E-state index contributed by atoms with van der Waals surface area (Å²) in [5.74, 6) is -4.64. The number of allylic oxidation sites excluding steroid dienone is 1. The Labute approximate surface area is 191 Å². The molecule has 0 amide bonds. The number of halogens is 5. The molecule has 2 heterocycles. The van der Waals surface area contributed by atoms with Gasteiger partial charge in [0, 0.05) is 29.6 Å². The van der Waals surface area contributed by atoms with Gasteiger partial charge in [-0.2, -0.15) is 26.9 Å². The van der Waals surface area contributed by atoms with E-state index in [1.165, 1.54) is 16.6 Å². The molecule has 0 saturated heterocycles. The molecule has 12 heteroatoms. The highest BCUT2D eigenvalue weighted by Gasteiger charge is 2.58. The van der Waals surface area contributed by atoms with E-state index < -0.39 is 17.7 Å². The second-order valence-corrected chi connectivity index (χ2v) is 7.40. The number of hydrogen-bond donors (Lipinski definition) is 4. The van der Waals surface area contributed by atoms with Gasteiger partial charge in [0.25, 0.3) is 0 Å². The molecule has 0 aliphatic carbocycles. The van der Waals surface area contributed by atoms with E-state index in [9.17, 15) is 22.0 Å². The summed E-state index contributed by atoms with van der Waals surface area (Å²) in [5.41, 5.74) is 0.556. The maximum atomic E-state index is 13.5. The van der Waals surface area contributed by atoms with Crippen LogP contribution in [0.15, 0.2) is 66.0 Å². The van der Waals surface area contributed by atoms with Crippen molar-refractivity contribution in [3.8, 4) is 11.1 Å². The lowest BCUT2D eigenvalue weighted by Crippen LogP contribution is -2.33. The van der Waals surface area contributed by atoms with Crippen molar-refractivity contribution >= 4 is 29.9 Å². The van der Waals surface area contributed by atoms with Crippen LogP contribution >= 0.6 is 12.6 Å². The first-order chi connectivity index (χ1) is 15.5. The predicted molar refractivity (Wildman–Crippen MR) is 120 cm³/mol. The summed E-state index contributed by atoms with van der Waals surface area (Å²) in [6.45, 7) is 1.99. The maximum absolute atomic E-state index is 13.5. The molecule has 0 unspecified atom stereocenters. The van der Waals surface area contributed by atoms with Crippen LogP contribution in [0.3, 0.4) is 0 Å². The van der Waals surface area contributed by atoms with Crippen LogP contribution in [0.1, 0.15) is 12.5 Å². The van der Waals surface area contributed by atoms with Gasteiger partial charge < -0.3 is 16.0 Å². The highest BCUT2D eigenvalue weighted by molar-refractivity contribution is 7.84. The summed E-state index contributed by atoms with van der Waals surface area (Å²) in [6, 6.07) is 7.22. The van der Waals surface area contributed by atoms with Crippen LogP contribution in [-0.2, 0) is 5.92 Å². The molecule has 0 aliphatic heterocycles. The molecule has 0 radical (unpaired) electrons. The van der Waals surface area contributed by atoms with Crippen LogP contribution in [0.5, 0.6) is 0 Å². The van der Waals surface area contributed by atoms with Crippen LogP contribution < -0.4 is 10.6 Å². The van der Waals surface area contributed by atoms with Gasteiger partial charge in [-0.3, -0.25) is 0 Å². The average molecular weight is 482 g/mol. The number of anilines is 1. The number of nitrogens with zero attached hydrogens (tertiary/aromatic N) is 3. The first kappa shape index (κ1) is 24.2. The Morgan fingerprint density at radius 2 is 1.85 bits per heavy atom. The Bertz CT molecular complexity index is 1200. The minimum atomic E-state index is -5.67. The largest absolute Gasteiger partial charge is 0.458 e. The molecule has 174 valence electrons. The fourth-order valence-electron chi connectivity index (χ4n) is 2.83. The number of benzene rings is 1. The van der Waals surface area contributed by atoms with E-state index in [-0.39, 0.29) is 0 Å². The summed E-state index contributed by atoms with van der Waals surface area (Å²) in [5, 5.41) is 18.0. The number of hydrogen-bond acceptors (Lipinski definition) is 6. The number of aromatic nitrogens is 3. The van der Waals surface area contributed by atoms with E-state index >= 15 is 0 Å². The van der Waals surface area contributed by atoms with Crippen molar-refractivity contribution in [2.45, 2.75) is 19.0 Å². The van der Waals surface area contributed by atoms with Gasteiger partial charge in [0.2, 0.25) is 5.95 Å². The number of nitrogens with one attached hydrogen (secondary N) is 3. The molecule has 33 heavy (non-hydrogen) atoms. The molecular weight excluding hydrogens is 463 g/mol. The zero-order chi connectivity index (χ0) is 24.2. The Morgan fingerprint density at radius 1 is 1.15 bits per heavy atom. The van der Waals surface area contributed by atoms with Gasteiger partial charge >= 0.3 is 12.1 Å². The Balaban J connectivity index is 1.75. The third-order valence-corrected chi connectivity index (χ3v) is 4.62. The zero-order valence-electron chi connectivity index (χ0n) is 17.2. The second-order valence-electron chi connectivity index (χ2n) is 6.92. The summed E-state index contributed by atoms with van der Waals surface area (Å²) in [6.07, 6.45) is 0.890. The van der Waals surface area contributed by atoms with Crippen LogP contribution in [0.25, 0.3) is 16.8 Å². The van der Waals surface area contributed by atoms with Gasteiger partial charge in [0.05, 0.1) is 5.03 Å². The van der Waals surface area contributed by atoms with Crippen molar-refractivity contribution < 1.29 is 22.0 Å². The normalized spacial score (nSPS) is 13.0. The van der Waals surface area contributed by atoms with Gasteiger partial charge in [-0.15, -0.1) is 17.7 Å². The van der Waals surface area contributed by atoms with Crippen molar-refractivity contribution in [1.29, 1.82) is 5.41 Å². The van der Waals surface area contributed by atoms with Crippen molar-refractivity contribution in [3.63, 3.8) is 0 Å². The van der Waals surface area contributed by atoms with E-state index in [1.54, 1.807) is 43.6 Å². The first-order valence-corrected chi connectivity index (χ1v) is 9.96. The van der Waals surface area contributed by atoms with E-state index in [1.807, 2.05) is 0 Å².